The van der Waals surface area contributed by atoms with Crippen LogP contribution in [0.15, 0.2) is 73.0 Å². The Morgan fingerprint density at radius 2 is 1.21 bits per heavy atom. The Balaban J connectivity index is 0. The first kappa shape index (κ1) is 38.3. The summed E-state index contributed by atoms with van der Waals surface area (Å²) in [5.74, 6) is 0. The number of thiophene rings is 4. The zero-order valence-corrected chi connectivity index (χ0v) is 26.3. The summed E-state index contributed by atoms with van der Waals surface area (Å²) in [7, 11) is 0. The van der Waals surface area contributed by atoms with Crippen molar-refractivity contribution in [3.05, 3.63) is 105 Å². The van der Waals surface area contributed by atoms with Gasteiger partial charge < -0.3 is 11.5 Å². The Labute approximate surface area is 253 Å². The third-order valence-electron chi connectivity index (χ3n) is 4.16. The first-order valence-corrected chi connectivity index (χ1v) is 14.8. The molecule has 0 fully saturated rings. The van der Waals surface area contributed by atoms with E-state index >= 15 is 0 Å². The van der Waals surface area contributed by atoms with Gasteiger partial charge in [-0.15, -0.1) is 24.8 Å². The highest BCUT2D eigenvalue weighted by atomic mass is 35.5. The molecule has 4 N–H and O–H groups in total. The summed E-state index contributed by atoms with van der Waals surface area (Å²) in [6, 6.07) is 8.45. The molecule has 4 heterocycles. The first-order chi connectivity index (χ1) is 17.2. The largest absolute Gasteiger partial charge is 0.328 e. The minimum atomic E-state index is -0.391. The van der Waals surface area contributed by atoms with Crippen LogP contribution in [0.25, 0.3) is 6.08 Å². The molecule has 38 heavy (non-hydrogen) atoms. The maximum Gasteiger partial charge on any atom is 0.243 e. The quantitative estimate of drug-likeness (QED) is 0.121. The van der Waals surface area contributed by atoms with Crippen LogP contribution in [-0.4, -0.2) is 23.3 Å². The van der Waals surface area contributed by atoms with Gasteiger partial charge in [0.1, 0.15) is 0 Å². The number of nitrogens with two attached hydrogens (primary N) is 2. The van der Waals surface area contributed by atoms with Crippen LogP contribution in [0.1, 0.15) is 47.8 Å². The summed E-state index contributed by atoms with van der Waals surface area (Å²) >= 11 is 6.51. The van der Waals surface area contributed by atoms with E-state index in [0.717, 1.165) is 30.3 Å². The summed E-state index contributed by atoms with van der Waals surface area (Å²) in [6.45, 7) is 5.53. The van der Waals surface area contributed by atoms with Gasteiger partial charge in [-0.05, 0) is 105 Å². The highest BCUT2D eigenvalue weighted by Crippen LogP contribution is 2.11. The maximum absolute atomic E-state index is 10.2. The summed E-state index contributed by atoms with van der Waals surface area (Å²) in [5, 5.41) is 26.1. The predicted molar refractivity (Wildman–Crippen MR) is 173 cm³/mol. The van der Waals surface area contributed by atoms with Crippen molar-refractivity contribution >= 4 is 82.5 Å². The van der Waals surface area contributed by atoms with Crippen molar-refractivity contribution in [3.8, 4) is 0 Å². The Kier molecular flexibility index (Phi) is 23.2. The molecule has 0 amide bonds. The topological polar surface area (TPSA) is 112 Å². The van der Waals surface area contributed by atoms with Gasteiger partial charge in [0.25, 0.3) is 0 Å². The summed E-state index contributed by atoms with van der Waals surface area (Å²) in [6.07, 6.45) is 4.40. The lowest BCUT2D eigenvalue weighted by molar-refractivity contribution is -0.422. The molecule has 4 rings (SSSR count). The minimum Gasteiger partial charge on any atom is -0.328 e. The number of aldehydes is 1. The van der Waals surface area contributed by atoms with Crippen LogP contribution in [0.5, 0.6) is 0 Å². The molecular formula is C26H35Cl2N3O3S4. The summed E-state index contributed by atoms with van der Waals surface area (Å²) < 4.78 is 0. The van der Waals surface area contributed by atoms with Crippen molar-refractivity contribution < 1.29 is 9.72 Å². The van der Waals surface area contributed by atoms with E-state index < -0.39 is 4.92 Å². The van der Waals surface area contributed by atoms with E-state index in [9.17, 15) is 14.9 Å². The van der Waals surface area contributed by atoms with Crippen molar-refractivity contribution in [1.82, 2.24) is 0 Å². The number of nitrogens with zero attached hydrogens (tertiary/aromatic N) is 1. The molecule has 0 spiro atoms. The van der Waals surface area contributed by atoms with E-state index in [0.29, 0.717) is 12.1 Å². The number of rotatable bonds is 7. The molecule has 210 valence electrons. The van der Waals surface area contributed by atoms with Crippen molar-refractivity contribution in [2.75, 3.05) is 0 Å². The second-order valence-corrected chi connectivity index (χ2v) is 11.0. The average molecular weight is 637 g/mol. The lowest BCUT2D eigenvalue weighted by atomic mass is 10.1. The normalized spacial score (nSPS) is 11.3. The SMILES string of the molecule is C/C(=C\c1ccsc1)[N+](=O)[O-].CC(N)Cc1ccsc1.C[C@H](N)Cc1ccsc1.Cl.Cl.O=Cc1ccsc1. The zero-order chi connectivity index (χ0) is 26.8. The number of carbonyl (C=O) groups is 1. The van der Waals surface area contributed by atoms with Gasteiger partial charge in [-0.3, -0.25) is 14.9 Å². The number of hydrogen-bond donors (Lipinski definition) is 2. The number of halogens is 2. The van der Waals surface area contributed by atoms with E-state index in [1.165, 1.54) is 40.7 Å². The van der Waals surface area contributed by atoms with Gasteiger partial charge in [0.05, 0.1) is 4.92 Å². The lowest BCUT2D eigenvalue weighted by Gasteiger charge is -1.99. The standard InChI is InChI=1S/C7H7NO2S.2C7H11NS.C5H4OS.2ClH/c1-6(8(9)10)4-7-2-3-11-5-7;2*1-6(8)4-7-2-3-9-5-7;6-3-5-1-2-7-4-5;;/h2-5H,1H3;2*2-3,5-6H,4,8H2,1H3;1-4H;2*1H/b6-4+;;;;;/t;6-;;;;/m.0..../s1. The Morgan fingerprint density at radius 3 is 1.47 bits per heavy atom. The maximum atomic E-state index is 10.2. The van der Waals surface area contributed by atoms with E-state index in [-0.39, 0.29) is 30.5 Å². The van der Waals surface area contributed by atoms with Crippen LogP contribution < -0.4 is 11.5 Å². The molecule has 0 aliphatic rings. The highest BCUT2D eigenvalue weighted by molar-refractivity contribution is 7.08. The molecule has 1 unspecified atom stereocenters. The van der Waals surface area contributed by atoms with E-state index in [1.54, 1.807) is 34.8 Å². The summed E-state index contributed by atoms with van der Waals surface area (Å²) in [4.78, 5) is 19.6. The van der Waals surface area contributed by atoms with Crippen LogP contribution in [0, 0.1) is 10.1 Å². The fourth-order valence-corrected chi connectivity index (χ4v) is 5.14. The van der Waals surface area contributed by atoms with Gasteiger partial charge in [0.2, 0.25) is 5.70 Å². The zero-order valence-electron chi connectivity index (χ0n) is 21.4. The third-order valence-corrected chi connectivity index (χ3v) is 7.03. The van der Waals surface area contributed by atoms with Crippen molar-refractivity contribution in [2.45, 2.75) is 45.7 Å². The molecule has 12 heteroatoms. The molecule has 0 aliphatic carbocycles. The molecular weight excluding hydrogens is 601 g/mol. The van der Waals surface area contributed by atoms with Crippen LogP contribution in [-0.2, 0) is 12.8 Å². The van der Waals surface area contributed by atoms with Gasteiger partial charge in [-0.25, -0.2) is 0 Å². The third kappa shape index (κ3) is 19.2. The van der Waals surface area contributed by atoms with Crippen molar-refractivity contribution in [2.24, 2.45) is 11.5 Å². The molecule has 0 aromatic carbocycles. The second kappa shape index (κ2) is 23.0. The summed E-state index contributed by atoms with van der Waals surface area (Å²) in [5.41, 5.74) is 15.7. The minimum absolute atomic E-state index is 0. The monoisotopic (exact) mass is 635 g/mol. The molecule has 0 saturated carbocycles. The smallest absolute Gasteiger partial charge is 0.243 e. The molecule has 0 bridgehead atoms. The number of allylic oxidation sites excluding steroid dienone is 1. The van der Waals surface area contributed by atoms with Crippen molar-refractivity contribution in [1.29, 1.82) is 0 Å². The van der Waals surface area contributed by atoms with Gasteiger partial charge in [0.15, 0.2) is 6.29 Å². The predicted octanol–water partition coefficient (Wildman–Crippen LogP) is 8.07. The molecule has 0 aliphatic heterocycles. The van der Waals surface area contributed by atoms with Crippen LogP contribution in [0.2, 0.25) is 0 Å². The van der Waals surface area contributed by atoms with Gasteiger partial charge in [0, 0.05) is 36.0 Å². The molecule has 2 atom stereocenters. The number of hydrogen-bond acceptors (Lipinski definition) is 9. The van der Waals surface area contributed by atoms with Crippen LogP contribution in [0.4, 0.5) is 0 Å². The number of carbonyl (C=O) groups excluding carboxylic acids is 1. The van der Waals surface area contributed by atoms with Crippen LogP contribution in [0.3, 0.4) is 0 Å². The van der Waals surface area contributed by atoms with E-state index in [1.807, 2.05) is 41.4 Å². The second-order valence-electron chi connectivity index (χ2n) is 7.90. The molecule has 0 saturated heterocycles. The van der Waals surface area contributed by atoms with Crippen molar-refractivity contribution in [3.63, 3.8) is 0 Å². The van der Waals surface area contributed by atoms with Gasteiger partial charge in [-0.1, -0.05) is 0 Å². The Hall–Kier alpha value is -1.89. The first-order valence-electron chi connectivity index (χ1n) is 11.1. The van der Waals surface area contributed by atoms with E-state index in [2.05, 4.69) is 33.7 Å². The molecule has 0 radical (unpaired) electrons. The fourth-order valence-electron chi connectivity index (χ4n) is 2.55. The Bertz CT molecular complexity index is 1060. The average Bonchev–Trinajstić information content (AvgIpc) is 3.63. The van der Waals surface area contributed by atoms with Gasteiger partial charge >= 0.3 is 0 Å². The van der Waals surface area contributed by atoms with Crippen LogP contribution >= 0.6 is 70.2 Å². The molecule has 4 aromatic rings. The lowest BCUT2D eigenvalue weighted by Crippen LogP contribution is -2.17. The molecule has 4 aromatic heterocycles. The van der Waals surface area contributed by atoms with E-state index in [4.69, 9.17) is 11.5 Å². The molecule has 6 nitrogen and oxygen atoms in total. The highest BCUT2D eigenvalue weighted by Gasteiger charge is 2.01. The number of nitro groups is 1. The van der Waals surface area contributed by atoms with Gasteiger partial charge in [-0.2, -0.15) is 45.3 Å². The Morgan fingerprint density at radius 1 is 0.816 bits per heavy atom. The fraction of sp³-hybridized carbons (Fsp3) is 0.269.